The fourth-order valence-corrected chi connectivity index (χ4v) is 1.79. The van der Waals surface area contributed by atoms with Crippen LogP contribution in [0.3, 0.4) is 0 Å². The second-order valence-electron chi connectivity index (χ2n) is 4.13. The van der Waals surface area contributed by atoms with Gasteiger partial charge in [0.25, 0.3) is 5.69 Å². The summed E-state index contributed by atoms with van der Waals surface area (Å²) >= 11 is 0. The molecular formula is C13H22N4O3. The molecule has 0 saturated carbocycles. The maximum absolute atomic E-state index is 11.0. The van der Waals surface area contributed by atoms with Gasteiger partial charge in [-0.1, -0.05) is 0 Å². The van der Waals surface area contributed by atoms with Crippen LogP contribution in [0, 0.1) is 10.1 Å². The van der Waals surface area contributed by atoms with Crippen LogP contribution in [0.4, 0.5) is 17.3 Å². The Kier molecular flexibility index (Phi) is 6.72. The van der Waals surface area contributed by atoms with E-state index in [0.717, 1.165) is 0 Å². The second-order valence-corrected chi connectivity index (χ2v) is 4.13. The minimum absolute atomic E-state index is 0.0424. The predicted molar refractivity (Wildman–Crippen MR) is 79.4 cm³/mol. The molecule has 0 radical (unpaired) electrons. The van der Waals surface area contributed by atoms with E-state index in [1.807, 2.05) is 25.7 Å². The van der Waals surface area contributed by atoms with Crippen LogP contribution >= 0.6 is 0 Å². The van der Waals surface area contributed by atoms with E-state index in [0.29, 0.717) is 44.5 Å². The van der Waals surface area contributed by atoms with E-state index < -0.39 is 4.92 Å². The quantitative estimate of drug-likeness (QED) is 0.425. The van der Waals surface area contributed by atoms with Crippen LogP contribution in [0.25, 0.3) is 0 Å². The molecular weight excluding hydrogens is 260 g/mol. The summed E-state index contributed by atoms with van der Waals surface area (Å²) in [6, 6.07) is 2.94. The molecule has 0 fully saturated rings. The largest absolute Gasteiger partial charge is 0.380 e. The van der Waals surface area contributed by atoms with Gasteiger partial charge in [0.15, 0.2) is 0 Å². The van der Waals surface area contributed by atoms with Gasteiger partial charge in [0.2, 0.25) is 0 Å². The van der Waals surface area contributed by atoms with Crippen LogP contribution in [0.5, 0.6) is 0 Å². The third-order valence-electron chi connectivity index (χ3n) is 2.78. The van der Waals surface area contributed by atoms with Gasteiger partial charge in [-0.25, -0.2) is 4.98 Å². The van der Waals surface area contributed by atoms with Crippen molar-refractivity contribution in [3.05, 3.63) is 22.2 Å². The molecule has 1 rings (SSSR count). The summed E-state index contributed by atoms with van der Waals surface area (Å²) in [5.41, 5.74) is 0.0424. The molecule has 0 bridgehead atoms. The zero-order chi connectivity index (χ0) is 15.0. The molecule has 0 aliphatic carbocycles. The van der Waals surface area contributed by atoms with Crippen molar-refractivity contribution in [1.29, 1.82) is 0 Å². The van der Waals surface area contributed by atoms with Gasteiger partial charge >= 0.3 is 0 Å². The lowest BCUT2D eigenvalue weighted by atomic mass is 10.3. The average Bonchev–Trinajstić information content (AvgIpc) is 2.43. The Morgan fingerprint density at radius 2 is 2.15 bits per heavy atom. The molecule has 20 heavy (non-hydrogen) atoms. The van der Waals surface area contributed by atoms with Crippen LogP contribution in [0.15, 0.2) is 12.1 Å². The molecule has 0 spiro atoms. The van der Waals surface area contributed by atoms with Crippen LogP contribution in [-0.2, 0) is 4.74 Å². The lowest BCUT2D eigenvalue weighted by molar-refractivity contribution is -0.384. The highest BCUT2D eigenvalue weighted by Gasteiger charge is 2.14. The van der Waals surface area contributed by atoms with Crippen molar-refractivity contribution >= 4 is 17.3 Å². The van der Waals surface area contributed by atoms with E-state index in [1.54, 1.807) is 0 Å². The molecule has 1 heterocycles. The number of hydrogen-bond acceptors (Lipinski definition) is 6. The maximum Gasteiger partial charge on any atom is 0.276 e. The summed E-state index contributed by atoms with van der Waals surface area (Å²) < 4.78 is 5.32. The van der Waals surface area contributed by atoms with E-state index in [1.165, 1.54) is 12.1 Å². The Hall–Kier alpha value is -1.89. The first kappa shape index (κ1) is 16.2. The number of nitro groups is 1. The van der Waals surface area contributed by atoms with Crippen LogP contribution in [0.2, 0.25) is 0 Å². The molecule has 0 atom stereocenters. The number of pyridine rings is 1. The SMILES string of the molecule is CCNc1cc([N+](=O)[O-])cc(N(CC)CCOCC)n1. The molecule has 0 saturated heterocycles. The molecule has 0 amide bonds. The van der Waals surface area contributed by atoms with E-state index in [9.17, 15) is 10.1 Å². The number of aromatic nitrogens is 1. The second kappa shape index (κ2) is 8.31. The molecule has 1 aromatic heterocycles. The van der Waals surface area contributed by atoms with Crippen molar-refractivity contribution < 1.29 is 9.66 Å². The van der Waals surface area contributed by atoms with Gasteiger partial charge in [-0.3, -0.25) is 10.1 Å². The van der Waals surface area contributed by atoms with E-state index >= 15 is 0 Å². The molecule has 7 nitrogen and oxygen atoms in total. The molecule has 1 aromatic rings. The number of nitrogens with zero attached hydrogens (tertiary/aromatic N) is 3. The number of nitrogens with one attached hydrogen (secondary N) is 1. The first-order valence-electron chi connectivity index (χ1n) is 6.85. The Morgan fingerprint density at radius 3 is 2.70 bits per heavy atom. The highest BCUT2D eigenvalue weighted by atomic mass is 16.6. The van der Waals surface area contributed by atoms with Crippen molar-refractivity contribution in [2.45, 2.75) is 20.8 Å². The van der Waals surface area contributed by atoms with Gasteiger partial charge in [-0.05, 0) is 20.8 Å². The van der Waals surface area contributed by atoms with Gasteiger partial charge in [-0.2, -0.15) is 0 Å². The van der Waals surface area contributed by atoms with Crippen molar-refractivity contribution in [2.24, 2.45) is 0 Å². The summed E-state index contributed by atoms with van der Waals surface area (Å²) in [6.45, 7) is 9.11. The van der Waals surface area contributed by atoms with Crippen LogP contribution in [-0.4, -0.2) is 42.8 Å². The summed E-state index contributed by atoms with van der Waals surface area (Å²) in [6.07, 6.45) is 0. The number of anilines is 2. The van der Waals surface area contributed by atoms with Gasteiger partial charge in [0.1, 0.15) is 11.6 Å². The molecule has 0 aliphatic rings. The lowest BCUT2D eigenvalue weighted by Crippen LogP contribution is -2.28. The summed E-state index contributed by atoms with van der Waals surface area (Å²) in [4.78, 5) is 17.0. The van der Waals surface area contributed by atoms with Gasteiger partial charge in [0, 0.05) is 26.2 Å². The third-order valence-corrected chi connectivity index (χ3v) is 2.78. The summed E-state index contributed by atoms with van der Waals surface area (Å²) in [5.74, 6) is 1.11. The fourth-order valence-electron chi connectivity index (χ4n) is 1.79. The first-order chi connectivity index (χ1) is 9.62. The Labute approximate surface area is 119 Å². The fraction of sp³-hybridized carbons (Fsp3) is 0.615. The van der Waals surface area contributed by atoms with Gasteiger partial charge in [0.05, 0.1) is 23.7 Å². The molecule has 0 aromatic carbocycles. The van der Waals surface area contributed by atoms with E-state index in [-0.39, 0.29) is 5.69 Å². The lowest BCUT2D eigenvalue weighted by Gasteiger charge is -2.22. The van der Waals surface area contributed by atoms with Crippen LogP contribution < -0.4 is 10.2 Å². The van der Waals surface area contributed by atoms with Crippen molar-refractivity contribution in [2.75, 3.05) is 43.1 Å². The number of likely N-dealkylation sites (N-methyl/N-ethyl adjacent to an activating group) is 1. The van der Waals surface area contributed by atoms with Crippen LogP contribution in [0.1, 0.15) is 20.8 Å². The molecule has 112 valence electrons. The zero-order valence-corrected chi connectivity index (χ0v) is 12.3. The van der Waals surface area contributed by atoms with Gasteiger partial charge < -0.3 is 15.0 Å². The van der Waals surface area contributed by atoms with Gasteiger partial charge in [-0.15, -0.1) is 0 Å². The minimum Gasteiger partial charge on any atom is -0.380 e. The first-order valence-corrected chi connectivity index (χ1v) is 6.85. The highest BCUT2D eigenvalue weighted by Crippen LogP contribution is 2.23. The Morgan fingerprint density at radius 1 is 1.40 bits per heavy atom. The zero-order valence-electron chi connectivity index (χ0n) is 12.3. The summed E-state index contributed by atoms with van der Waals surface area (Å²) in [5, 5.41) is 14.0. The molecule has 0 unspecified atom stereocenters. The van der Waals surface area contributed by atoms with E-state index in [2.05, 4.69) is 10.3 Å². The standard InChI is InChI=1S/C13H22N4O3/c1-4-14-12-9-11(17(18)19)10-13(15-12)16(5-2)7-8-20-6-3/h9-10H,4-8H2,1-3H3,(H,14,15). The topological polar surface area (TPSA) is 80.5 Å². The highest BCUT2D eigenvalue weighted by molar-refractivity contribution is 5.55. The van der Waals surface area contributed by atoms with Crippen molar-refractivity contribution in [3.8, 4) is 0 Å². The molecule has 7 heteroatoms. The van der Waals surface area contributed by atoms with Crippen molar-refractivity contribution in [1.82, 2.24) is 4.98 Å². The smallest absolute Gasteiger partial charge is 0.276 e. The Balaban J connectivity index is 2.97. The molecule has 0 aliphatic heterocycles. The van der Waals surface area contributed by atoms with E-state index in [4.69, 9.17) is 4.74 Å². The third kappa shape index (κ3) is 4.65. The predicted octanol–water partition coefficient (Wildman–Crippen LogP) is 2.28. The number of rotatable bonds is 9. The Bertz CT molecular complexity index is 440. The maximum atomic E-state index is 11.0. The monoisotopic (exact) mass is 282 g/mol. The number of ether oxygens (including phenoxy) is 1. The molecule has 1 N–H and O–H groups in total. The summed E-state index contributed by atoms with van der Waals surface area (Å²) in [7, 11) is 0. The average molecular weight is 282 g/mol. The number of hydrogen-bond donors (Lipinski definition) is 1. The normalized spacial score (nSPS) is 10.3. The minimum atomic E-state index is -0.400. The van der Waals surface area contributed by atoms with Crippen molar-refractivity contribution in [3.63, 3.8) is 0 Å².